The maximum Gasteiger partial charge on any atom is 0.341 e. The molecule has 0 spiro atoms. The summed E-state index contributed by atoms with van der Waals surface area (Å²) in [6.45, 7) is 3.79. The zero-order chi connectivity index (χ0) is 13.5. The second-order valence-electron chi connectivity index (χ2n) is 4.67. The minimum Gasteiger partial charge on any atom is -0.467 e. The van der Waals surface area contributed by atoms with Crippen molar-refractivity contribution in [2.75, 3.05) is 27.7 Å². The van der Waals surface area contributed by atoms with Gasteiger partial charge in [-0.2, -0.15) is 0 Å². The molecule has 1 aromatic rings. The number of esters is 1. The number of nitrogens with zero attached hydrogens (tertiary/aromatic N) is 1. The van der Waals surface area contributed by atoms with Crippen molar-refractivity contribution in [3.63, 3.8) is 0 Å². The summed E-state index contributed by atoms with van der Waals surface area (Å²) < 4.78 is 9.91. The summed E-state index contributed by atoms with van der Waals surface area (Å²) in [7, 11) is 5.47. The summed E-state index contributed by atoms with van der Waals surface area (Å²) in [6, 6.07) is 2.11. The van der Waals surface area contributed by atoms with E-state index >= 15 is 0 Å². The van der Waals surface area contributed by atoms with Gasteiger partial charge >= 0.3 is 5.97 Å². The van der Waals surface area contributed by atoms with Gasteiger partial charge in [0.15, 0.2) is 0 Å². The van der Waals surface area contributed by atoms with Crippen molar-refractivity contribution in [3.05, 3.63) is 23.7 Å². The number of furan rings is 1. The van der Waals surface area contributed by atoms with Gasteiger partial charge in [0.1, 0.15) is 12.0 Å². The van der Waals surface area contributed by atoms with E-state index < -0.39 is 0 Å². The van der Waals surface area contributed by atoms with Gasteiger partial charge in [0.2, 0.25) is 0 Å². The molecule has 0 aliphatic carbocycles. The van der Waals surface area contributed by atoms with Crippen molar-refractivity contribution in [1.29, 1.82) is 0 Å². The fourth-order valence-corrected chi connectivity index (χ4v) is 1.53. The lowest BCUT2D eigenvalue weighted by Crippen LogP contribution is -2.29. The number of rotatable bonds is 7. The summed E-state index contributed by atoms with van der Waals surface area (Å²) in [5.74, 6) is 0.373. The first kappa shape index (κ1) is 14.7. The van der Waals surface area contributed by atoms with Crippen LogP contribution < -0.4 is 5.32 Å². The molecule has 102 valence electrons. The first-order valence-electron chi connectivity index (χ1n) is 6.06. The lowest BCUT2D eigenvalue weighted by Gasteiger charge is -2.15. The molecule has 0 radical (unpaired) electrons. The first-order valence-corrected chi connectivity index (χ1v) is 6.06. The van der Waals surface area contributed by atoms with E-state index in [0.29, 0.717) is 18.2 Å². The molecule has 0 aromatic carbocycles. The van der Waals surface area contributed by atoms with Crippen LogP contribution in [-0.4, -0.2) is 44.7 Å². The Kier molecular flexibility index (Phi) is 5.88. The molecule has 5 nitrogen and oxygen atoms in total. The number of carbonyl (C=O) groups excluding carboxylic acids is 1. The van der Waals surface area contributed by atoms with E-state index in [1.54, 1.807) is 6.07 Å². The summed E-state index contributed by atoms with van der Waals surface area (Å²) in [5.41, 5.74) is 0.454. The summed E-state index contributed by atoms with van der Waals surface area (Å²) in [4.78, 5) is 13.4. The lowest BCUT2D eigenvalue weighted by atomic mass is 10.2. The number of nitrogens with one attached hydrogen (secondary N) is 1. The van der Waals surface area contributed by atoms with Gasteiger partial charge in [-0.3, -0.25) is 0 Å². The highest BCUT2D eigenvalue weighted by Gasteiger charge is 2.10. The first-order chi connectivity index (χ1) is 8.52. The maximum atomic E-state index is 11.2. The van der Waals surface area contributed by atoms with Crippen molar-refractivity contribution >= 4 is 5.97 Å². The van der Waals surface area contributed by atoms with Crippen molar-refractivity contribution in [3.8, 4) is 0 Å². The van der Waals surface area contributed by atoms with Crippen LogP contribution >= 0.6 is 0 Å². The Labute approximate surface area is 108 Å². The van der Waals surface area contributed by atoms with Gasteiger partial charge in [-0.1, -0.05) is 0 Å². The molecule has 5 heteroatoms. The monoisotopic (exact) mass is 254 g/mol. The van der Waals surface area contributed by atoms with Crippen LogP contribution in [-0.2, 0) is 11.3 Å². The number of hydrogen-bond donors (Lipinski definition) is 1. The summed E-state index contributed by atoms with van der Waals surface area (Å²) in [6.07, 6.45) is 2.49. The Bertz CT molecular complexity index is 374. The SMILES string of the molecule is COC(=O)c1coc(CNC(C)CCN(C)C)c1. The van der Waals surface area contributed by atoms with Crippen LogP contribution in [0.1, 0.15) is 29.5 Å². The fraction of sp³-hybridized carbons (Fsp3) is 0.615. The summed E-state index contributed by atoms with van der Waals surface area (Å²) >= 11 is 0. The second-order valence-corrected chi connectivity index (χ2v) is 4.67. The minimum atomic E-state index is -0.370. The number of ether oxygens (including phenoxy) is 1. The van der Waals surface area contributed by atoms with Crippen LogP contribution in [0, 0.1) is 0 Å². The largest absolute Gasteiger partial charge is 0.467 e. The van der Waals surface area contributed by atoms with E-state index in [-0.39, 0.29) is 5.97 Å². The zero-order valence-electron chi connectivity index (χ0n) is 11.5. The van der Waals surface area contributed by atoms with Crippen LogP contribution in [0.3, 0.4) is 0 Å². The molecule has 0 aliphatic heterocycles. The smallest absolute Gasteiger partial charge is 0.341 e. The van der Waals surface area contributed by atoms with E-state index in [2.05, 4.69) is 36.0 Å². The van der Waals surface area contributed by atoms with Crippen molar-refractivity contribution in [2.24, 2.45) is 0 Å². The molecule has 1 atom stereocenters. The van der Waals surface area contributed by atoms with Gasteiger partial charge in [-0.05, 0) is 40.1 Å². The molecule has 0 bridgehead atoms. The van der Waals surface area contributed by atoms with Gasteiger partial charge in [-0.15, -0.1) is 0 Å². The van der Waals surface area contributed by atoms with Gasteiger partial charge in [0.25, 0.3) is 0 Å². The van der Waals surface area contributed by atoms with E-state index in [4.69, 9.17) is 4.42 Å². The highest BCUT2D eigenvalue weighted by atomic mass is 16.5. The highest BCUT2D eigenvalue weighted by Crippen LogP contribution is 2.09. The van der Waals surface area contributed by atoms with Gasteiger partial charge in [0, 0.05) is 6.04 Å². The number of methoxy groups -OCH3 is 1. The van der Waals surface area contributed by atoms with Crippen LogP contribution in [0.5, 0.6) is 0 Å². The molecule has 1 unspecified atom stereocenters. The van der Waals surface area contributed by atoms with Crippen LogP contribution in [0.2, 0.25) is 0 Å². The molecule has 1 aromatic heterocycles. The third-order valence-corrected chi connectivity index (χ3v) is 2.71. The molecule has 1 rings (SSSR count). The molecule has 0 saturated carbocycles. The molecule has 0 fully saturated rings. The molecule has 1 heterocycles. The standard InChI is InChI=1S/C13H22N2O3/c1-10(5-6-15(2)3)14-8-12-7-11(9-18-12)13(16)17-4/h7,9-10,14H,5-6,8H2,1-4H3. The average molecular weight is 254 g/mol. The topological polar surface area (TPSA) is 54.7 Å². The Balaban J connectivity index is 2.34. The molecule has 1 N–H and O–H groups in total. The Morgan fingerprint density at radius 1 is 1.56 bits per heavy atom. The van der Waals surface area contributed by atoms with Gasteiger partial charge in [-0.25, -0.2) is 4.79 Å². The van der Waals surface area contributed by atoms with E-state index in [1.807, 2.05) is 0 Å². The Morgan fingerprint density at radius 2 is 2.28 bits per heavy atom. The molecule has 0 amide bonds. The zero-order valence-corrected chi connectivity index (χ0v) is 11.5. The normalized spacial score (nSPS) is 12.7. The maximum absolute atomic E-state index is 11.2. The van der Waals surface area contributed by atoms with Gasteiger partial charge in [0.05, 0.1) is 19.2 Å². The molecule has 0 saturated heterocycles. The predicted octanol–water partition coefficient (Wildman–Crippen LogP) is 1.50. The van der Waals surface area contributed by atoms with Crippen LogP contribution in [0.15, 0.2) is 16.7 Å². The number of hydrogen-bond acceptors (Lipinski definition) is 5. The fourth-order valence-electron chi connectivity index (χ4n) is 1.53. The quantitative estimate of drug-likeness (QED) is 0.747. The number of carbonyl (C=O) groups is 1. The lowest BCUT2D eigenvalue weighted by molar-refractivity contribution is 0.0600. The van der Waals surface area contributed by atoms with Gasteiger partial charge < -0.3 is 19.4 Å². The van der Waals surface area contributed by atoms with Crippen LogP contribution in [0.4, 0.5) is 0 Å². The van der Waals surface area contributed by atoms with Crippen molar-refractivity contribution in [2.45, 2.75) is 25.9 Å². The third kappa shape index (κ3) is 4.89. The van der Waals surface area contributed by atoms with E-state index in [9.17, 15) is 4.79 Å². The second kappa shape index (κ2) is 7.18. The molecule has 0 aliphatic rings. The molecule has 18 heavy (non-hydrogen) atoms. The van der Waals surface area contributed by atoms with E-state index in [0.717, 1.165) is 18.7 Å². The van der Waals surface area contributed by atoms with Crippen LogP contribution in [0.25, 0.3) is 0 Å². The van der Waals surface area contributed by atoms with Crippen molar-refractivity contribution in [1.82, 2.24) is 10.2 Å². The molecular weight excluding hydrogens is 232 g/mol. The highest BCUT2D eigenvalue weighted by molar-refractivity contribution is 5.88. The van der Waals surface area contributed by atoms with Crippen molar-refractivity contribution < 1.29 is 13.9 Å². The average Bonchev–Trinajstić information content (AvgIpc) is 2.81. The molecular formula is C13H22N2O3. The Hall–Kier alpha value is -1.33. The minimum absolute atomic E-state index is 0.370. The third-order valence-electron chi connectivity index (χ3n) is 2.71. The Morgan fingerprint density at radius 3 is 2.89 bits per heavy atom. The van der Waals surface area contributed by atoms with E-state index in [1.165, 1.54) is 13.4 Å². The predicted molar refractivity (Wildman–Crippen MR) is 69.5 cm³/mol. The summed E-state index contributed by atoms with van der Waals surface area (Å²) in [5, 5.41) is 3.35.